The van der Waals surface area contributed by atoms with Gasteiger partial charge in [-0.05, 0) is 47.0 Å². The molecule has 4 nitrogen and oxygen atoms in total. The summed E-state index contributed by atoms with van der Waals surface area (Å²) >= 11 is 4.88. The smallest absolute Gasteiger partial charge is 0.251 e. The molecular weight excluding hydrogens is 352 g/mol. The molecule has 1 heterocycles. The monoisotopic (exact) mass is 368 g/mol. The minimum absolute atomic E-state index is 0.132. The van der Waals surface area contributed by atoms with Crippen LogP contribution in [0.4, 0.5) is 0 Å². The molecule has 0 unspecified atom stereocenters. The summed E-state index contributed by atoms with van der Waals surface area (Å²) in [5, 5.41) is 10.2. The number of aromatic nitrogens is 2. The third kappa shape index (κ3) is 4.43. The summed E-state index contributed by atoms with van der Waals surface area (Å²) in [4.78, 5) is 19.8. The molecule has 0 spiro atoms. The lowest BCUT2D eigenvalue weighted by atomic mass is 10.1. The molecule has 1 atom stereocenters. The fourth-order valence-electron chi connectivity index (χ4n) is 1.88. The molecule has 0 aliphatic rings. The zero-order valence-corrected chi connectivity index (χ0v) is 14.3. The van der Waals surface area contributed by atoms with E-state index in [0.29, 0.717) is 5.16 Å². The summed E-state index contributed by atoms with van der Waals surface area (Å²) in [5.74, 6) is 0. The Kier molecular flexibility index (Phi) is 5.61. The van der Waals surface area contributed by atoms with Crippen molar-refractivity contribution in [3.63, 3.8) is 0 Å². The minimum atomic E-state index is -0.508. The van der Waals surface area contributed by atoms with Gasteiger partial charge in [-0.15, -0.1) is 0 Å². The van der Waals surface area contributed by atoms with Crippen molar-refractivity contribution in [1.29, 1.82) is 0 Å². The summed E-state index contributed by atoms with van der Waals surface area (Å²) in [6.45, 7) is 3.78. The van der Waals surface area contributed by atoms with Gasteiger partial charge in [0.25, 0.3) is 5.56 Å². The molecule has 1 aromatic heterocycles. The van der Waals surface area contributed by atoms with Crippen molar-refractivity contribution in [1.82, 2.24) is 9.97 Å². The number of rotatable bonds is 5. The molecule has 0 fully saturated rings. The molecule has 0 bridgehead atoms. The maximum absolute atomic E-state index is 11.7. The van der Waals surface area contributed by atoms with Gasteiger partial charge in [0.15, 0.2) is 5.16 Å². The highest BCUT2D eigenvalue weighted by Crippen LogP contribution is 2.33. The lowest BCUT2D eigenvalue weighted by Gasteiger charge is -2.09. The molecule has 1 aromatic carbocycles. The number of aliphatic hydroxyl groups excluding tert-OH is 1. The first-order valence-corrected chi connectivity index (χ1v) is 8.36. The quantitative estimate of drug-likeness (QED) is 0.789. The van der Waals surface area contributed by atoms with E-state index in [9.17, 15) is 9.90 Å². The average Bonchev–Trinajstić information content (AvgIpc) is 2.40. The normalized spacial score (nSPS) is 12.4. The van der Waals surface area contributed by atoms with Crippen LogP contribution in [0.25, 0.3) is 0 Å². The molecule has 0 saturated heterocycles. The summed E-state index contributed by atoms with van der Waals surface area (Å²) in [7, 11) is 0. The Hall–Kier alpha value is -1.11. The van der Waals surface area contributed by atoms with E-state index in [1.165, 1.54) is 11.8 Å². The fourth-order valence-corrected chi connectivity index (χ4v) is 3.33. The maximum atomic E-state index is 11.7. The second-order valence-corrected chi connectivity index (χ2v) is 6.64. The summed E-state index contributed by atoms with van der Waals surface area (Å²) < 4.78 is 0.870. The van der Waals surface area contributed by atoms with Crippen LogP contribution in [0, 0.1) is 0 Å². The second-order valence-electron chi connectivity index (χ2n) is 4.76. The van der Waals surface area contributed by atoms with Gasteiger partial charge in [0.1, 0.15) is 0 Å². The van der Waals surface area contributed by atoms with Crippen LogP contribution >= 0.6 is 27.7 Å². The van der Waals surface area contributed by atoms with Crippen LogP contribution in [0.5, 0.6) is 0 Å². The van der Waals surface area contributed by atoms with Gasteiger partial charge in [-0.2, -0.15) is 0 Å². The second kappa shape index (κ2) is 7.24. The number of nitrogens with one attached hydrogen (secondary N) is 1. The Morgan fingerprint density at radius 1 is 1.43 bits per heavy atom. The molecule has 2 rings (SSSR count). The van der Waals surface area contributed by atoms with Crippen molar-refractivity contribution in [3.05, 3.63) is 50.3 Å². The first kappa shape index (κ1) is 16.3. The van der Waals surface area contributed by atoms with Crippen LogP contribution in [-0.4, -0.2) is 15.1 Å². The number of aliphatic hydroxyl groups is 1. The van der Waals surface area contributed by atoms with E-state index in [-0.39, 0.29) is 5.56 Å². The van der Waals surface area contributed by atoms with E-state index in [1.807, 2.05) is 18.2 Å². The molecule has 6 heteroatoms. The third-order valence-corrected chi connectivity index (χ3v) is 4.81. The number of halogens is 1. The lowest BCUT2D eigenvalue weighted by Crippen LogP contribution is -2.09. The maximum Gasteiger partial charge on any atom is 0.251 e. The van der Waals surface area contributed by atoms with Crippen molar-refractivity contribution in [3.8, 4) is 0 Å². The molecule has 0 aliphatic carbocycles. The Morgan fingerprint density at radius 2 is 2.19 bits per heavy atom. The Balaban J connectivity index is 2.27. The molecule has 21 heavy (non-hydrogen) atoms. The average molecular weight is 369 g/mol. The van der Waals surface area contributed by atoms with Gasteiger partial charge in [-0.1, -0.05) is 31.2 Å². The number of benzene rings is 1. The van der Waals surface area contributed by atoms with Gasteiger partial charge in [0.05, 0.1) is 6.10 Å². The van der Waals surface area contributed by atoms with E-state index in [2.05, 4.69) is 32.8 Å². The highest BCUT2D eigenvalue weighted by Gasteiger charge is 2.09. The van der Waals surface area contributed by atoms with E-state index >= 15 is 0 Å². The van der Waals surface area contributed by atoms with Crippen molar-refractivity contribution < 1.29 is 5.11 Å². The van der Waals surface area contributed by atoms with Gasteiger partial charge in [-0.25, -0.2) is 4.98 Å². The van der Waals surface area contributed by atoms with Crippen molar-refractivity contribution >= 4 is 27.7 Å². The zero-order chi connectivity index (χ0) is 15.4. The molecule has 0 aliphatic heterocycles. The van der Waals surface area contributed by atoms with Crippen molar-refractivity contribution in [2.24, 2.45) is 0 Å². The highest BCUT2D eigenvalue weighted by molar-refractivity contribution is 9.10. The Morgan fingerprint density at radius 3 is 2.81 bits per heavy atom. The summed E-state index contributed by atoms with van der Waals surface area (Å²) in [5.41, 5.74) is 1.51. The summed E-state index contributed by atoms with van der Waals surface area (Å²) in [6.07, 6.45) is 1.23. The van der Waals surface area contributed by atoms with Gasteiger partial charge >= 0.3 is 0 Å². The predicted molar refractivity (Wildman–Crippen MR) is 87.8 cm³/mol. The van der Waals surface area contributed by atoms with E-state index in [1.54, 1.807) is 13.0 Å². The number of aromatic amines is 1. The van der Waals surface area contributed by atoms with Crippen LogP contribution in [0.15, 0.2) is 43.6 Å². The number of H-pyrrole nitrogens is 1. The fraction of sp³-hybridized carbons (Fsp3) is 0.333. The van der Waals surface area contributed by atoms with Gasteiger partial charge in [-0.3, -0.25) is 4.79 Å². The molecule has 112 valence electrons. The zero-order valence-electron chi connectivity index (χ0n) is 11.9. The van der Waals surface area contributed by atoms with Gasteiger partial charge < -0.3 is 10.1 Å². The van der Waals surface area contributed by atoms with Crippen LogP contribution < -0.4 is 5.56 Å². The molecule has 2 aromatic rings. The SMILES string of the molecule is CCCc1cc(=O)[nH]c(Sc2ccc([C@@H](C)O)cc2Br)n1. The largest absolute Gasteiger partial charge is 0.389 e. The number of hydrogen-bond donors (Lipinski definition) is 2. The standard InChI is InChI=1S/C15H17BrN2O2S/c1-3-4-11-8-14(20)18-15(17-11)21-13-6-5-10(9(2)19)7-12(13)16/h5-9,19H,3-4H2,1-2H3,(H,17,18,20)/t9-/m1/s1. The number of nitrogens with zero attached hydrogens (tertiary/aromatic N) is 1. The van der Waals surface area contributed by atoms with Crippen LogP contribution in [-0.2, 0) is 6.42 Å². The molecule has 2 N–H and O–H groups in total. The predicted octanol–water partition coefficient (Wildman–Crippen LogP) is 3.69. The first-order chi connectivity index (χ1) is 9.99. The van der Waals surface area contributed by atoms with E-state index in [4.69, 9.17) is 0 Å². The number of hydrogen-bond acceptors (Lipinski definition) is 4. The van der Waals surface area contributed by atoms with Crippen molar-refractivity contribution in [2.75, 3.05) is 0 Å². The van der Waals surface area contributed by atoms with Crippen molar-refractivity contribution in [2.45, 2.75) is 42.8 Å². The van der Waals surface area contributed by atoms with Crippen LogP contribution in [0.2, 0.25) is 0 Å². The minimum Gasteiger partial charge on any atom is -0.389 e. The Bertz CT molecular complexity index is 686. The lowest BCUT2D eigenvalue weighted by molar-refractivity contribution is 0.199. The number of aryl methyl sites for hydroxylation is 1. The summed E-state index contributed by atoms with van der Waals surface area (Å²) in [6, 6.07) is 7.19. The molecule has 0 radical (unpaired) electrons. The van der Waals surface area contributed by atoms with Gasteiger partial charge in [0.2, 0.25) is 0 Å². The topological polar surface area (TPSA) is 66.0 Å². The third-order valence-electron chi connectivity index (χ3n) is 2.92. The van der Waals surface area contributed by atoms with Crippen LogP contribution in [0.3, 0.4) is 0 Å². The van der Waals surface area contributed by atoms with Crippen LogP contribution in [0.1, 0.15) is 37.6 Å². The van der Waals surface area contributed by atoms with E-state index in [0.717, 1.165) is 33.5 Å². The Labute approximate surface area is 136 Å². The molecule has 0 amide bonds. The highest BCUT2D eigenvalue weighted by atomic mass is 79.9. The van der Waals surface area contributed by atoms with Gasteiger partial charge in [0, 0.05) is 21.1 Å². The first-order valence-electron chi connectivity index (χ1n) is 6.75. The molecular formula is C15H17BrN2O2S. The molecule has 0 saturated carbocycles. The van der Waals surface area contributed by atoms with E-state index < -0.39 is 6.10 Å².